The smallest absolute Gasteiger partial charge is 0.220 e. The predicted molar refractivity (Wildman–Crippen MR) is 59.1 cm³/mol. The number of rotatable bonds is 5. The Morgan fingerprint density at radius 2 is 2.33 bits per heavy atom. The zero-order valence-electron chi connectivity index (χ0n) is 8.99. The van der Waals surface area contributed by atoms with E-state index >= 15 is 0 Å². The molecule has 0 aromatic carbocycles. The molecule has 4 heteroatoms. The number of hydrogen-bond donors (Lipinski definition) is 2. The second-order valence-electron chi connectivity index (χ2n) is 3.48. The maximum absolute atomic E-state index is 11.3. The highest BCUT2D eigenvalue weighted by Gasteiger charge is 2.00. The first-order valence-electron chi connectivity index (χ1n) is 5.10. The maximum atomic E-state index is 11.3. The molecule has 1 aromatic rings. The molecule has 0 aliphatic carbocycles. The van der Waals surface area contributed by atoms with Crippen LogP contribution in [0.3, 0.4) is 0 Å². The van der Waals surface area contributed by atoms with Gasteiger partial charge in [-0.1, -0.05) is 6.07 Å². The van der Waals surface area contributed by atoms with Gasteiger partial charge in [0.2, 0.25) is 5.91 Å². The van der Waals surface area contributed by atoms with E-state index in [9.17, 15) is 4.79 Å². The van der Waals surface area contributed by atoms with Crippen molar-refractivity contribution in [2.24, 2.45) is 5.73 Å². The molecule has 1 rings (SSSR count). The van der Waals surface area contributed by atoms with Crippen molar-refractivity contribution in [2.75, 3.05) is 6.54 Å². The van der Waals surface area contributed by atoms with E-state index in [4.69, 9.17) is 5.73 Å². The van der Waals surface area contributed by atoms with E-state index in [1.165, 1.54) is 0 Å². The second-order valence-corrected chi connectivity index (χ2v) is 3.48. The Morgan fingerprint density at radius 3 is 2.93 bits per heavy atom. The Kier molecular flexibility index (Phi) is 4.77. The molecule has 1 aromatic heterocycles. The molecule has 0 radical (unpaired) electrons. The average Bonchev–Trinajstić information content (AvgIpc) is 2.25. The Labute approximate surface area is 89.9 Å². The highest BCUT2D eigenvalue weighted by atomic mass is 16.1. The second kappa shape index (κ2) is 6.14. The predicted octanol–water partition coefficient (Wildman–Crippen LogP) is 0.745. The summed E-state index contributed by atoms with van der Waals surface area (Å²) >= 11 is 0. The van der Waals surface area contributed by atoms with Gasteiger partial charge in [0.25, 0.3) is 0 Å². The molecule has 3 N–H and O–H groups in total. The number of nitrogens with zero attached hydrogens (tertiary/aromatic N) is 1. The molecule has 0 saturated carbocycles. The third kappa shape index (κ3) is 4.56. The van der Waals surface area contributed by atoms with E-state index in [1.807, 2.05) is 19.1 Å². The number of pyridine rings is 1. The molecule has 4 nitrogen and oxygen atoms in total. The quantitative estimate of drug-likeness (QED) is 0.748. The molecule has 0 fully saturated rings. The van der Waals surface area contributed by atoms with Crippen molar-refractivity contribution in [3.8, 4) is 0 Å². The Hall–Kier alpha value is -1.42. The largest absolute Gasteiger partial charge is 0.352 e. The van der Waals surface area contributed by atoms with E-state index in [1.54, 1.807) is 6.20 Å². The molecule has 1 amide bonds. The molecule has 0 unspecified atom stereocenters. The first kappa shape index (κ1) is 11.7. The van der Waals surface area contributed by atoms with Gasteiger partial charge in [-0.25, -0.2) is 0 Å². The average molecular weight is 207 g/mol. The zero-order valence-corrected chi connectivity index (χ0v) is 8.99. The molecular formula is C11H17N3O. The van der Waals surface area contributed by atoms with Gasteiger partial charge in [-0.2, -0.15) is 0 Å². The normalized spacial score (nSPS) is 10.0. The Morgan fingerprint density at radius 1 is 1.53 bits per heavy atom. The summed E-state index contributed by atoms with van der Waals surface area (Å²) in [7, 11) is 0. The standard InChI is InChI=1S/C11H17N3O/c1-9-4-5-10(7-13-9)8-14-11(15)3-2-6-12/h4-5,7H,2-3,6,8,12H2,1H3,(H,14,15). The van der Waals surface area contributed by atoms with Crippen molar-refractivity contribution in [1.82, 2.24) is 10.3 Å². The van der Waals surface area contributed by atoms with Gasteiger partial charge in [0, 0.05) is 24.9 Å². The van der Waals surface area contributed by atoms with Crippen LogP contribution in [0.25, 0.3) is 0 Å². The minimum Gasteiger partial charge on any atom is -0.352 e. The minimum atomic E-state index is 0.0426. The molecule has 15 heavy (non-hydrogen) atoms. The van der Waals surface area contributed by atoms with E-state index in [0.29, 0.717) is 19.5 Å². The number of carbonyl (C=O) groups is 1. The van der Waals surface area contributed by atoms with Crippen LogP contribution in [0.5, 0.6) is 0 Å². The minimum absolute atomic E-state index is 0.0426. The molecule has 0 aliphatic rings. The van der Waals surface area contributed by atoms with Crippen LogP contribution in [0.15, 0.2) is 18.3 Å². The van der Waals surface area contributed by atoms with Gasteiger partial charge in [-0.3, -0.25) is 9.78 Å². The summed E-state index contributed by atoms with van der Waals surface area (Å²) in [5.41, 5.74) is 7.31. The Bertz CT molecular complexity index is 308. The van der Waals surface area contributed by atoms with Gasteiger partial charge in [-0.05, 0) is 31.5 Å². The van der Waals surface area contributed by atoms with Gasteiger partial charge in [0.15, 0.2) is 0 Å². The van der Waals surface area contributed by atoms with Crippen molar-refractivity contribution in [1.29, 1.82) is 0 Å². The topological polar surface area (TPSA) is 68.0 Å². The lowest BCUT2D eigenvalue weighted by Crippen LogP contribution is -2.23. The van der Waals surface area contributed by atoms with E-state index in [0.717, 1.165) is 17.7 Å². The van der Waals surface area contributed by atoms with Crippen LogP contribution in [0, 0.1) is 6.92 Å². The van der Waals surface area contributed by atoms with Crippen LogP contribution in [0.1, 0.15) is 24.1 Å². The SMILES string of the molecule is Cc1ccc(CNC(=O)CCCN)cn1. The lowest BCUT2D eigenvalue weighted by molar-refractivity contribution is -0.121. The number of nitrogens with two attached hydrogens (primary N) is 1. The fraction of sp³-hybridized carbons (Fsp3) is 0.455. The number of carbonyl (C=O) groups excluding carboxylic acids is 1. The lowest BCUT2D eigenvalue weighted by atomic mass is 10.2. The number of nitrogens with one attached hydrogen (secondary N) is 1. The third-order valence-corrected chi connectivity index (χ3v) is 2.07. The summed E-state index contributed by atoms with van der Waals surface area (Å²) in [6, 6.07) is 3.90. The number of aryl methyl sites for hydroxylation is 1. The molecule has 1 heterocycles. The van der Waals surface area contributed by atoms with Crippen molar-refractivity contribution >= 4 is 5.91 Å². The first-order valence-corrected chi connectivity index (χ1v) is 5.10. The molecule has 0 saturated heterocycles. The summed E-state index contributed by atoms with van der Waals surface area (Å²) in [6.45, 7) is 3.03. The van der Waals surface area contributed by atoms with Crippen molar-refractivity contribution in [3.05, 3.63) is 29.6 Å². The zero-order chi connectivity index (χ0) is 11.1. The number of hydrogen-bond acceptors (Lipinski definition) is 3. The lowest BCUT2D eigenvalue weighted by Gasteiger charge is -2.04. The summed E-state index contributed by atoms with van der Waals surface area (Å²) in [4.78, 5) is 15.4. The van der Waals surface area contributed by atoms with Gasteiger partial charge in [0.05, 0.1) is 0 Å². The van der Waals surface area contributed by atoms with E-state index in [-0.39, 0.29) is 5.91 Å². The fourth-order valence-electron chi connectivity index (χ4n) is 1.15. The molecular weight excluding hydrogens is 190 g/mol. The monoisotopic (exact) mass is 207 g/mol. The van der Waals surface area contributed by atoms with Gasteiger partial charge in [0.1, 0.15) is 0 Å². The van der Waals surface area contributed by atoms with Crippen LogP contribution in [-0.4, -0.2) is 17.4 Å². The van der Waals surface area contributed by atoms with Gasteiger partial charge >= 0.3 is 0 Å². The number of aromatic nitrogens is 1. The maximum Gasteiger partial charge on any atom is 0.220 e. The highest BCUT2D eigenvalue weighted by Crippen LogP contribution is 1.98. The molecule has 0 aliphatic heterocycles. The molecule has 0 atom stereocenters. The van der Waals surface area contributed by atoms with Crippen molar-refractivity contribution in [2.45, 2.75) is 26.3 Å². The van der Waals surface area contributed by atoms with Gasteiger partial charge in [-0.15, -0.1) is 0 Å². The molecule has 82 valence electrons. The first-order chi connectivity index (χ1) is 7.22. The van der Waals surface area contributed by atoms with Crippen LogP contribution in [-0.2, 0) is 11.3 Å². The van der Waals surface area contributed by atoms with Crippen LogP contribution >= 0.6 is 0 Å². The Balaban J connectivity index is 2.30. The summed E-state index contributed by atoms with van der Waals surface area (Å²) in [6.07, 6.45) is 3.01. The number of amides is 1. The van der Waals surface area contributed by atoms with Crippen molar-refractivity contribution < 1.29 is 4.79 Å². The van der Waals surface area contributed by atoms with E-state index < -0.39 is 0 Å². The van der Waals surface area contributed by atoms with Gasteiger partial charge < -0.3 is 11.1 Å². The van der Waals surface area contributed by atoms with Crippen LogP contribution < -0.4 is 11.1 Å². The van der Waals surface area contributed by atoms with Crippen LogP contribution in [0.2, 0.25) is 0 Å². The summed E-state index contributed by atoms with van der Waals surface area (Å²) < 4.78 is 0. The molecule has 0 bridgehead atoms. The van der Waals surface area contributed by atoms with E-state index in [2.05, 4.69) is 10.3 Å². The summed E-state index contributed by atoms with van der Waals surface area (Å²) in [5, 5.41) is 2.82. The molecule has 0 spiro atoms. The van der Waals surface area contributed by atoms with Crippen LogP contribution in [0.4, 0.5) is 0 Å². The van der Waals surface area contributed by atoms with Crippen molar-refractivity contribution in [3.63, 3.8) is 0 Å². The highest BCUT2D eigenvalue weighted by molar-refractivity contribution is 5.75. The fourth-order valence-corrected chi connectivity index (χ4v) is 1.15. The summed E-state index contributed by atoms with van der Waals surface area (Å²) in [5.74, 6) is 0.0426. The third-order valence-electron chi connectivity index (χ3n) is 2.07.